The van der Waals surface area contributed by atoms with E-state index in [0.717, 1.165) is 28.9 Å². The van der Waals surface area contributed by atoms with Crippen LogP contribution < -0.4 is 20.7 Å². The summed E-state index contributed by atoms with van der Waals surface area (Å²) in [5.74, 6) is 0.131. The molecule has 7 nitrogen and oxygen atoms in total. The number of benzene rings is 1. The number of aryl methyl sites for hydroxylation is 1. The van der Waals surface area contributed by atoms with Gasteiger partial charge in [-0.25, -0.2) is 9.18 Å². The van der Waals surface area contributed by atoms with Gasteiger partial charge in [-0.05, 0) is 38.0 Å². The molecule has 1 unspecified atom stereocenters. The van der Waals surface area contributed by atoms with E-state index in [1.807, 2.05) is 20.8 Å². The van der Waals surface area contributed by atoms with Gasteiger partial charge in [0.05, 0.1) is 19.3 Å². The van der Waals surface area contributed by atoms with Gasteiger partial charge in [-0.15, -0.1) is 0 Å². The molecule has 0 bridgehead atoms. The summed E-state index contributed by atoms with van der Waals surface area (Å²) in [6.07, 6.45) is 2.93. The van der Waals surface area contributed by atoms with Crippen LogP contribution in [-0.2, 0) is 17.9 Å². The number of ether oxygens (including phenoxy) is 1. The van der Waals surface area contributed by atoms with Crippen LogP contribution >= 0.6 is 0 Å². The lowest BCUT2D eigenvalue weighted by molar-refractivity contribution is -0.123. The summed E-state index contributed by atoms with van der Waals surface area (Å²) in [6, 6.07) is 4.72. The Kier molecular flexibility index (Phi) is 8.58. The van der Waals surface area contributed by atoms with Gasteiger partial charge >= 0.3 is 6.03 Å². The van der Waals surface area contributed by atoms with Crippen LogP contribution in [0.4, 0.5) is 9.18 Å². The molecule has 1 heterocycles. The normalized spacial score (nSPS) is 11.5. The van der Waals surface area contributed by atoms with E-state index in [4.69, 9.17) is 4.74 Å². The number of methoxy groups -OCH3 is 1. The Morgan fingerprint density at radius 3 is 2.47 bits per heavy atom. The summed E-state index contributed by atoms with van der Waals surface area (Å²) >= 11 is 0. The van der Waals surface area contributed by atoms with Gasteiger partial charge in [0.2, 0.25) is 5.91 Å². The van der Waals surface area contributed by atoms with Crippen molar-refractivity contribution in [3.8, 4) is 5.75 Å². The van der Waals surface area contributed by atoms with Crippen LogP contribution in [0.5, 0.6) is 5.75 Å². The van der Waals surface area contributed by atoms with Crippen LogP contribution in [0, 0.1) is 19.7 Å². The van der Waals surface area contributed by atoms with Crippen molar-refractivity contribution in [1.29, 1.82) is 0 Å². The predicted octanol–water partition coefficient (Wildman–Crippen LogP) is 3.13. The highest BCUT2D eigenvalue weighted by molar-refractivity contribution is 5.86. The maximum absolute atomic E-state index is 13.0. The van der Waals surface area contributed by atoms with Gasteiger partial charge in [0, 0.05) is 23.9 Å². The van der Waals surface area contributed by atoms with Gasteiger partial charge in [0.15, 0.2) is 0 Å². The molecule has 8 heteroatoms. The van der Waals surface area contributed by atoms with Gasteiger partial charge in [0.25, 0.3) is 0 Å². The molecule has 0 aliphatic rings. The number of nitrogens with one attached hydrogen (secondary N) is 3. The summed E-state index contributed by atoms with van der Waals surface area (Å²) in [5.41, 5.74) is 3.27. The van der Waals surface area contributed by atoms with E-state index in [9.17, 15) is 14.0 Å². The maximum Gasteiger partial charge on any atom is 0.315 e. The first-order valence-electron chi connectivity index (χ1n) is 9.91. The second kappa shape index (κ2) is 11.1. The topological polar surface area (TPSA) is 92.4 Å². The summed E-state index contributed by atoms with van der Waals surface area (Å²) in [4.78, 5) is 29.2. The largest absolute Gasteiger partial charge is 0.496 e. The smallest absolute Gasteiger partial charge is 0.315 e. The van der Waals surface area contributed by atoms with E-state index in [0.29, 0.717) is 12.1 Å². The first-order chi connectivity index (χ1) is 14.3. The average Bonchev–Trinajstić information content (AvgIpc) is 2.72. The van der Waals surface area contributed by atoms with E-state index in [1.165, 1.54) is 12.1 Å². The van der Waals surface area contributed by atoms with Gasteiger partial charge in [-0.1, -0.05) is 25.5 Å². The Hall–Kier alpha value is -3.16. The molecular formula is C22H29FN4O3. The highest BCUT2D eigenvalue weighted by Gasteiger charge is 2.20. The van der Waals surface area contributed by atoms with Crippen molar-refractivity contribution in [2.45, 2.75) is 52.7 Å². The number of hydrogen-bond donors (Lipinski definition) is 3. The Bertz CT molecular complexity index is 871. The summed E-state index contributed by atoms with van der Waals surface area (Å²) < 4.78 is 18.4. The van der Waals surface area contributed by atoms with Crippen LogP contribution in [0.15, 0.2) is 30.5 Å². The fraction of sp³-hybridized carbons (Fsp3) is 0.409. The number of aromatic nitrogens is 1. The number of hydrogen-bond acceptors (Lipinski definition) is 4. The van der Waals surface area contributed by atoms with Crippen molar-refractivity contribution < 1.29 is 18.7 Å². The highest BCUT2D eigenvalue weighted by atomic mass is 19.1. The van der Waals surface area contributed by atoms with Gasteiger partial charge in [-0.2, -0.15) is 0 Å². The lowest BCUT2D eigenvalue weighted by atomic mass is 10.1. The van der Waals surface area contributed by atoms with Crippen molar-refractivity contribution in [2.75, 3.05) is 7.11 Å². The first kappa shape index (κ1) is 23.1. The maximum atomic E-state index is 13.0. The Morgan fingerprint density at radius 1 is 1.13 bits per heavy atom. The molecule has 30 heavy (non-hydrogen) atoms. The zero-order valence-electron chi connectivity index (χ0n) is 17.8. The minimum Gasteiger partial charge on any atom is -0.496 e. The molecule has 3 N–H and O–H groups in total. The SMILES string of the molecule is CCCC(NC(=O)NCc1ccc(F)cc1)C(=O)NCc1ncc(C)c(OC)c1C. The van der Waals surface area contributed by atoms with Crippen molar-refractivity contribution in [3.63, 3.8) is 0 Å². The van der Waals surface area contributed by atoms with Crippen molar-refractivity contribution in [1.82, 2.24) is 20.9 Å². The van der Waals surface area contributed by atoms with Crippen molar-refractivity contribution in [3.05, 3.63) is 58.7 Å². The second-order valence-electron chi connectivity index (χ2n) is 7.06. The standard InChI is InChI=1S/C22H29FN4O3/c1-5-6-18(27-22(29)26-12-16-7-9-17(23)10-8-16)21(28)25-13-19-15(3)20(30-4)14(2)11-24-19/h7-11,18H,5-6,12-13H2,1-4H3,(H,25,28)(H2,26,27,29). The van der Waals surface area contributed by atoms with Crippen molar-refractivity contribution >= 4 is 11.9 Å². The molecule has 1 aromatic heterocycles. The monoisotopic (exact) mass is 416 g/mol. The molecule has 162 valence electrons. The number of carbonyl (C=O) groups excluding carboxylic acids is 2. The number of carbonyl (C=O) groups is 2. The molecule has 0 saturated carbocycles. The van der Waals surface area contributed by atoms with E-state index in [1.54, 1.807) is 25.4 Å². The minimum absolute atomic E-state index is 0.235. The third kappa shape index (κ3) is 6.43. The minimum atomic E-state index is -0.670. The van der Waals surface area contributed by atoms with Gasteiger partial charge < -0.3 is 20.7 Å². The molecule has 0 radical (unpaired) electrons. The molecule has 2 rings (SSSR count). The summed E-state index contributed by atoms with van der Waals surface area (Å²) in [7, 11) is 1.60. The van der Waals surface area contributed by atoms with Gasteiger partial charge in [-0.3, -0.25) is 9.78 Å². The lowest BCUT2D eigenvalue weighted by Crippen LogP contribution is -2.49. The van der Waals surface area contributed by atoms with Crippen LogP contribution in [0.3, 0.4) is 0 Å². The second-order valence-corrected chi connectivity index (χ2v) is 7.06. The molecule has 0 fully saturated rings. The zero-order chi connectivity index (χ0) is 22.1. The number of amides is 3. The van der Waals surface area contributed by atoms with Gasteiger partial charge in [0.1, 0.15) is 17.6 Å². The number of nitrogens with zero attached hydrogens (tertiary/aromatic N) is 1. The highest BCUT2D eigenvalue weighted by Crippen LogP contribution is 2.23. The quantitative estimate of drug-likeness (QED) is 0.586. The summed E-state index contributed by atoms with van der Waals surface area (Å²) in [6.45, 7) is 6.21. The van der Waals surface area contributed by atoms with E-state index >= 15 is 0 Å². The molecule has 3 amide bonds. The average molecular weight is 416 g/mol. The van der Waals surface area contributed by atoms with Crippen LogP contribution in [0.25, 0.3) is 0 Å². The molecule has 0 aliphatic heterocycles. The third-order valence-corrected chi connectivity index (χ3v) is 4.75. The molecular weight excluding hydrogens is 387 g/mol. The third-order valence-electron chi connectivity index (χ3n) is 4.75. The molecule has 0 aliphatic carbocycles. The molecule has 1 aromatic carbocycles. The van der Waals surface area contributed by atoms with E-state index in [2.05, 4.69) is 20.9 Å². The first-order valence-corrected chi connectivity index (χ1v) is 9.91. The number of halogens is 1. The molecule has 1 atom stereocenters. The molecule has 2 aromatic rings. The Labute approximate surface area is 176 Å². The number of rotatable bonds is 9. The van der Waals surface area contributed by atoms with Crippen LogP contribution in [0.1, 0.15) is 42.1 Å². The number of pyridine rings is 1. The summed E-state index contributed by atoms with van der Waals surface area (Å²) in [5, 5.41) is 8.23. The molecule has 0 saturated heterocycles. The molecule has 0 spiro atoms. The zero-order valence-corrected chi connectivity index (χ0v) is 17.8. The van der Waals surface area contributed by atoms with Crippen LogP contribution in [-0.4, -0.2) is 30.1 Å². The fourth-order valence-corrected chi connectivity index (χ4v) is 3.09. The predicted molar refractivity (Wildman–Crippen MR) is 113 cm³/mol. The Morgan fingerprint density at radius 2 is 1.83 bits per heavy atom. The fourth-order valence-electron chi connectivity index (χ4n) is 3.09. The lowest BCUT2D eigenvalue weighted by Gasteiger charge is -2.19. The van der Waals surface area contributed by atoms with Crippen molar-refractivity contribution in [2.24, 2.45) is 0 Å². The van der Waals surface area contributed by atoms with E-state index < -0.39 is 12.1 Å². The Balaban J connectivity index is 1.92. The van der Waals surface area contributed by atoms with E-state index in [-0.39, 0.29) is 24.8 Å². The number of urea groups is 1. The van der Waals surface area contributed by atoms with Crippen LogP contribution in [0.2, 0.25) is 0 Å².